The van der Waals surface area contributed by atoms with Crippen molar-refractivity contribution in [3.8, 4) is 11.5 Å². The molecular weight excluding hydrogens is 386 g/mol. The molecule has 0 bridgehead atoms. The van der Waals surface area contributed by atoms with E-state index < -0.39 is 24.4 Å². The molecule has 0 spiro atoms. The van der Waals surface area contributed by atoms with Crippen LogP contribution in [0.5, 0.6) is 11.5 Å². The number of carbonyl (C=O) groups is 3. The molecule has 7 heteroatoms. The molecule has 0 fully saturated rings. The van der Waals surface area contributed by atoms with Gasteiger partial charge in [0.1, 0.15) is 0 Å². The first-order valence-electron chi connectivity index (χ1n) is 9.45. The predicted octanol–water partition coefficient (Wildman–Crippen LogP) is 3.04. The minimum atomic E-state index is -0.694. The molecule has 30 heavy (non-hydrogen) atoms. The van der Waals surface area contributed by atoms with Crippen LogP contribution >= 0.6 is 0 Å². The third kappa shape index (κ3) is 6.34. The molecule has 0 aliphatic rings. The highest BCUT2D eigenvalue weighted by molar-refractivity contribution is 6.05. The van der Waals surface area contributed by atoms with Crippen LogP contribution in [0.2, 0.25) is 0 Å². The normalized spacial score (nSPS) is 10.8. The Morgan fingerprint density at radius 2 is 1.53 bits per heavy atom. The van der Waals surface area contributed by atoms with Crippen LogP contribution in [0, 0.1) is 0 Å². The van der Waals surface area contributed by atoms with Gasteiger partial charge in [0.15, 0.2) is 18.1 Å². The molecule has 2 aromatic carbocycles. The van der Waals surface area contributed by atoms with Crippen LogP contribution in [-0.2, 0) is 26.2 Å². The van der Waals surface area contributed by atoms with E-state index in [1.165, 1.54) is 14.2 Å². The summed E-state index contributed by atoms with van der Waals surface area (Å²) in [4.78, 5) is 36.1. The first-order valence-corrected chi connectivity index (χ1v) is 9.45. The largest absolute Gasteiger partial charge is 0.493 e. The van der Waals surface area contributed by atoms with E-state index in [2.05, 4.69) is 26.1 Å². The molecule has 2 aromatic rings. The maximum Gasteiger partial charge on any atom is 0.310 e. The number of nitrogens with one attached hydrogen (secondary N) is 1. The van der Waals surface area contributed by atoms with E-state index in [0.29, 0.717) is 22.6 Å². The lowest BCUT2D eigenvalue weighted by Gasteiger charge is -2.19. The summed E-state index contributed by atoms with van der Waals surface area (Å²) in [5.41, 5.74) is 2.04. The van der Waals surface area contributed by atoms with Crippen molar-refractivity contribution < 1.29 is 28.6 Å². The molecule has 7 nitrogen and oxygen atoms in total. The number of esters is 1. The second-order valence-electron chi connectivity index (χ2n) is 7.73. The van der Waals surface area contributed by atoms with E-state index in [-0.39, 0.29) is 11.8 Å². The van der Waals surface area contributed by atoms with Crippen molar-refractivity contribution >= 4 is 17.8 Å². The lowest BCUT2D eigenvalue weighted by molar-refractivity contribution is -0.147. The Labute approximate surface area is 176 Å². The Morgan fingerprint density at radius 1 is 0.900 bits per heavy atom. The second kappa shape index (κ2) is 9.91. The molecule has 0 aliphatic heterocycles. The van der Waals surface area contributed by atoms with E-state index in [1.54, 1.807) is 30.3 Å². The number of amides is 2. The number of imide groups is 1. The van der Waals surface area contributed by atoms with Crippen molar-refractivity contribution in [3.63, 3.8) is 0 Å². The summed E-state index contributed by atoms with van der Waals surface area (Å²) in [7, 11) is 3.02. The summed E-state index contributed by atoms with van der Waals surface area (Å²) in [6.07, 6.45) is -0.0458. The summed E-state index contributed by atoms with van der Waals surface area (Å²) < 4.78 is 15.3. The van der Waals surface area contributed by atoms with Crippen LogP contribution in [0.1, 0.15) is 42.3 Å². The second-order valence-corrected chi connectivity index (χ2v) is 7.73. The van der Waals surface area contributed by atoms with Gasteiger partial charge in [0.2, 0.25) is 0 Å². The number of hydrogen-bond acceptors (Lipinski definition) is 6. The highest BCUT2D eigenvalue weighted by Gasteiger charge is 2.16. The van der Waals surface area contributed by atoms with Gasteiger partial charge in [-0.3, -0.25) is 19.7 Å². The average Bonchev–Trinajstić information content (AvgIpc) is 2.71. The van der Waals surface area contributed by atoms with Crippen molar-refractivity contribution in [2.24, 2.45) is 0 Å². The minimum Gasteiger partial charge on any atom is -0.493 e. The van der Waals surface area contributed by atoms with Gasteiger partial charge < -0.3 is 14.2 Å². The van der Waals surface area contributed by atoms with Crippen LogP contribution in [0.25, 0.3) is 0 Å². The molecule has 2 amide bonds. The SMILES string of the molecule is COc1ccc(CC(=O)OCC(=O)NC(=O)c2ccc(C(C)(C)C)cc2)cc1OC. The average molecular weight is 413 g/mol. The molecule has 2 rings (SSSR count). The summed E-state index contributed by atoms with van der Waals surface area (Å²) in [5.74, 6) is -0.803. The Bertz CT molecular complexity index is 912. The Hall–Kier alpha value is -3.35. The molecule has 0 aliphatic carbocycles. The molecule has 0 saturated carbocycles. The van der Waals surface area contributed by atoms with Gasteiger partial charge in [-0.05, 0) is 40.8 Å². The lowest BCUT2D eigenvalue weighted by Crippen LogP contribution is -2.34. The smallest absolute Gasteiger partial charge is 0.310 e. The molecule has 0 unspecified atom stereocenters. The molecule has 0 saturated heterocycles. The van der Waals surface area contributed by atoms with Crippen LogP contribution in [0.3, 0.4) is 0 Å². The van der Waals surface area contributed by atoms with Crippen LogP contribution in [0.15, 0.2) is 42.5 Å². The zero-order chi connectivity index (χ0) is 22.3. The molecule has 0 aromatic heterocycles. The molecule has 1 N–H and O–H groups in total. The molecule has 0 heterocycles. The predicted molar refractivity (Wildman–Crippen MR) is 112 cm³/mol. The van der Waals surface area contributed by atoms with Crippen molar-refractivity contribution in [1.29, 1.82) is 0 Å². The number of benzene rings is 2. The lowest BCUT2D eigenvalue weighted by atomic mass is 9.87. The van der Waals surface area contributed by atoms with Gasteiger partial charge in [-0.25, -0.2) is 0 Å². The quantitative estimate of drug-likeness (QED) is 0.702. The van der Waals surface area contributed by atoms with Crippen molar-refractivity contribution in [2.45, 2.75) is 32.6 Å². The van der Waals surface area contributed by atoms with Crippen LogP contribution < -0.4 is 14.8 Å². The summed E-state index contributed by atoms with van der Waals surface area (Å²) >= 11 is 0. The maximum atomic E-state index is 12.2. The van der Waals surface area contributed by atoms with E-state index in [0.717, 1.165) is 5.56 Å². The Balaban J connectivity index is 1.85. The standard InChI is InChI=1S/C23H27NO6/c1-23(2,3)17-9-7-16(8-10-17)22(27)24-20(25)14-30-21(26)13-15-6-11-18(28-4)19(12-15)29-5/h6-12H,13-14H2,1-5H3,(H,24,25,27). The third-order valence-corrected chi connectivity index (χ3v) is 4.43. The van der Waals surface area contributed by atoms with Gasteiger partial charge in [0, 0.05) is 5.56 Å². The highest BCUT2D eigenvalue weighted by atomic mass is 16.5. The Morgan fingerprint density at radius 3 is 2.10 bits per heavy atom. The highest BCUT2D eigenvalue weighted by Crippen LogP contribution is 2.27. The molecule has 0 radical (unpaired) electrons. The molecular formula is C23H27NO6. The van der Waals surface area contributed by atoms with Gasteiger partial charge >= 0.3 is 5.97 Å². The fourth-order valence-electron chi connectivity index (χ4n) is 2.71. The van der Waals surface area contributed by atoms with E-state index in [4.69, 9.17) is 14.2 Å². The van der Waals surface area contributed by atoms with E-state index in [1.807, 2.05) is 12.1 Å². The fourth-order valence-corrected chi connectivity index (χ4v) is 2.71. The van der Waals surface area contributed by atoms with E-state index in [9.17, 15) is 14.4 Å². The zero-order valence-corrected chi connectivity index (χ0v) is 17.9. The fraction of sp³-hybridized carbons (Fsp3) is 0.348. The number of hydrogen-bond donors (Lipinski definition) is 1. The monoisotopic (exact) mass is 413 g/mol. The molecule has 0 atom stereocenters. The van der Waals surface area contributed by atoms with Crippen molar-refractivity contribution in [1.82, 2.24) is 5.32 Å². The summed E-state index contributed by atoms with van der Waals surface area (Å²) in [6.45, 7) is 5.67. The molecule has 160 valence electrons. The van der Waals surface area contributed by atoms with Gasteiger partial charge in [0.25, 0.3) is 11.8 Å². The van der Waals surface area contributed by atoms with Crippen LogP contribution in [0.4, 0.5) is 0 Å². The van der Waals surface area contributed by atoms with Crippen molar-refractivity contribution in [2.75, 3.05) is 20.8 Å². The third-order valence-electron chi connectivity index (χ3n) is 4.43. The first kappa shape index (κ1) is 22.9. The van der Waals surface area contributed by atoms with Crippen LogP contribution in [-0.4, -0.2) is 38.6 Å². The number of ether oxygens (including phenoxy) is 3. The summed E-state index contributed by atoms with van der Waals surface area (Å²) in [5, 5.41) is 2.22. The van der Waals surface area contributed by atoms with Gasteiger partial charge in [-0.2, -0.15) is 0 Å². The topological polar surface area (TPSA) is 90.9 Å². The first-order chi connectivity index (χ1) is 14.1. The number of rotatable bonds is 7. The van der Waals surface area contributed by atoms with Crippen molar-refractivity contribution in [3.05, 3.63) is 59.2 Å². The minimum absolute atomic E-state index is 0.0348. The maximum absolute atomic E-state index is 12.2. The number of carbonyl (C=O) groups excluding carboxylic acids is 3. The summed E-state index contributed by atoms with van der Waals surface area (Å²) in [6, 6.07) is 12.1. The number of methoxy groups -OCH3 is 2. The van der Waals surface area contributed by atoms with Gasteiger partial charge in [0.05, 0.1) is 20.6 Å². The van der Waals surface area contributed by atoms with Gasteiger partial charge in [-0.15, -0.1) is 0 Å². The van der Waals surface area contributed by atoms with Gasteiger partial charge in [-0.1, -0.05) is 39.0 Å². The Kier molecular flexibility index (Phi) is 7.58. The van der Waals surface area contributed by atoms with E-state index >= 15 is 0 Å². The zero-order valence-electron chi connectivity index (χ0n) is 17.9.